The van der Waals surface area contributed by atoms with Gasteiger partial charge in [-0.2, -0.15) is 4.31 Å². The molecule has 0 bridgehead atoms. The average molecular weight is 430 g/mol. The number of nitrogens with zero attached hydrogens (tertiary/aromatic N) is 2. The van der Waals surface area contributed by atoms with Gasteiger partial charge in [-0.3, -0.25) is 4.79 Å². The van der Waals surface area contributed by atoms with Gasteiger partial charge < -0.3 is 14.6 Å². The lowest BCUT2D eigenvalue weighted by Gasteiger charge is -2.27. The fraction of sp³-hybridized carbons (Fsp3) is 0.409. The van der Waals surface area contributed by atoms with Gasteiger partial charge >= 0.3 is 0 Å². The van der Waals surface area contributed by atoms with E-state index in [0.29, 0.717) is 56.3 Å². The number of amides is 1. The molecule has 0 unspecified atom stereocenters. The van der Waals surface area contributed by atoms with E-state index in [9.17, 15) is 13.2 Å². The molecule has 8 heteroatoms. The van der Waals surface area contributed by atoms with Crippen molar-refractivity contribution in [3.05, 3.63) is 58.9 Å². The molecule has 0 saturated carbocycles. The number of sulfonamides is 1. The van der Waals surface area contributed by atoms with Crippen LogP contribution in [0.15, 0.2) is 41.3 Å². The molecule has 0 radical (unpaired) electrons. The van der Waals surface area contributed by atoms with Crippen LogP contribution in [-0.2, 0) is 14.8 Å². The van der Waals surface area contributed by atoms with Crippen molar-refractivity contribution in [1.82, 2.24) is 14.2 Å². The molecule has 2 aromatic rings. The zero-order valence-corrected chi connectivity index (χ0v) is 18.2. The maximum atomic E-state index is 13.2. The number of ether oxygens (including phenoxy) is 1. The summed E-state index contributed by atoms with van der Waals surface area (Å²) in [4.78, 5) is 18.2. The molecule has 2 aliphatic rings. The second-order valence-corrected chi connectivity index (χ2v) is 9.57. The second kappa shape index (κ2) is 8.37. The number of aromatic nitrogens is 1. The lowest BCUT2D eigenvalue weighted by molar-refractivity contribution is 0.0730. The Balaban J connectivity index is 1.56. The molecule has 0 aliphatic carbocycles. The van der Waals surface area contributed by atoms with Gasteiger partial charge in [0.25, 0.3) is 5.91 Å². The predicted molar refractivity (Wildman–Crippen MR) is 115 cm³/mol. The number of hydrogen-bond donors (Lipinski definition) is 1. The number of hydrogen-bond acceptors (Lipinski definition) is 4. The van der Waals surface area contributed by atoms with Gasteiger partial charge in [-0.05, 0) is 37.0 Å². The van der Waals surface area contributed by atoms with Crippen LogP contribution in [0.3, 0.4) is 0 Å². The van der Waals surface area contributed by atoms with E-state index < -0.39 is 10.0 Å². The Labute approximate surface area is 177 Å². The highest BCUT2D eigenvalue weighted by molar-refractivity contribution is 7.89. The monoisotopic (exact) mass is 429 g/mol. The first-order valence-corrected chi connectivity index (χ1v) is 11.6. The number of nitrogens with one attached hydrogen (secondary N) is 1. The zero-order chi connectivity index (χ0) is 21.3. The van der Waals surface area contributed by atoms with Crippen LogP contribution in [0.2, 0.25) is 0 Å². The minimum absolute atomic E-state index is 0.164. The summed E-state index contributed by atoms with van der Waals surface area (Å²) in [6, 6.07) is 10.2. The van der Waals surface area contributed by atoms with Crippen molar-refractivity contribution in [1.29, 1.82) is 0 Å². The molecule has 30 heavy (non-hydrogen) atoms. The van der Waals surface area contributed by atoms with Gasteiger partial charge in [-0.25, -0.2) is 8.42 Å². The van der Waals surface area contributed by atoms with E-state index in [1.807, 2.05) is 18.2 Å². The number of H-pyrrole nitrogens is 1. The molecule has 4 rings (SSSR count). The maximum Gasteiger partial charge on any atom is 0.270 e. The van der Waals surface area contributed by atoms with Crippen molar-refractivity contribution in [2.24, 2.45) is 0 Å². The molecule has 0 spiro atoms. The van der Waals surface area contributed by atoms with Crippen molar-refractivity contribution >= 4 is 21.5 Å². The van der Waals surface area contributed by atoms with Gasteiger partial charge in [-0.1, -0.05) is 36.4 Å². The average Bonchev–Trinajstić information content (AvgIpc) is 3.09. The molecule has 1 N–H and O–H groups in total. The first-order valence-electron chi connectivity index (χ1n) is 10.2. The van der Waals surface area contributed by atoms with Crippen LogP contribution in [0.5, 0.6) is 0 Å². The van der Waals surface area contributed by atoms with Crippen LogP contribution in [0.1, 0.15) is 33.7 Å². The van der Waals surface area contributed by atoms with Crippen LogP contribution in [0.4, 0.5) is 0 Å². The Bertz CT molecular complexity index is 1070. The second-order valence-electron chi connectivity index (χ2n) is 7.69. The summed E-state index contributed by atoms with van der Waals surface area (Å²) in [5, 5.41) is 0. The molecule has 1 amide bonds. The Hall–Kier alpha value is -2.42. The van der Waals surface area contributed by atoms with Crippen LogP contribution in [0.25, 0.3) is 5.57 Å². The van der Waals surface area contributed by atoms with E-state index in [1.165, 1.54) is 15.4 Å². The van der Waals surface area contributed by atoms with E-state index in [2.05, 4.69) is 23.2 Å². The zero-order valence-electron chi connectivity index (χ0n) is 17.3. The molecule has 0 atom stereocenters. The normalized spacial score (nSPS) is 18.3. The van der Waals surface area contributed by atoms with Crippen LogP contribution in [0, 0.1) is 13.8 Å². The lowest BCUT2D eigenvalue weighted by atomic mass is 9.99. The van der Waals surface area contributed by atoms with Gasteiger partial charge in [0.05, 0.1) is 13.2 Å². The molecular weight excluding hydrogens is 402 g/mol. The molecule has 1 aromatic carbocycles. The van der Waals surface area contributed by atoms with Crippen molar-refractivity contribution in [3.8, 4) is 0 Å². The highest BCUT2D eigenvalue weighted by Crippen LogP contribution is 2.29. The summed E-state index contributed by atoms with van der Waals surface area (Å²) in [6.07, 6.45) is 2.85. The van der Waals surface area contributed by atoms with Crippen molar-refractivity contribution in [2.75, 3.05) is 39.4 Å². The minimum Gasteiger partial charge on any atom is -0.379 e. The number of morpholine rings is 1. The topological polar surface area (TPSA) is 82.7 Å². The first kappa shape index (κ1) is 20.8. The van der Waals surface area contributed by atoms with Crippen LogP contribution < -0.4 is 0 Å². The first-order chi connectivity index (χ1) is 14.4. The Morgan fingerprint density at radius 2 is 1.77 bits per heavy atom. The fourth-order valence-electron chi connectivity index (χ4n) is 4.18. The summed E-state index contributed by atoms with van der Waals surface area (Å²) in [5.74, 6) is -0.164. The standard InChI is InChI=1S/C22H27N3O4S/c1-16-20(23-17(2)21(16)30(27,28)25-12-14-29-15-13-25)22(26)24-10-8-19(9-11-24)18-6-4-3-5-7-18/h3-8,23H,9-15H2,1-2H3. The largest absolute Gasteiger partial charge is 0.379 e. The number of rotatable bonds is 4. The van der Waals surface area contributed by atoms with Gasteiger partial charge in [0.2, 0.25) is 10.0 Å². The highest BCUT2D eigenvalue weighted by atomic mass is 32.2. The third kappa shape index (κ3) is 3.82. The van der Waals surface area contributed by atoms with E-state index in [0.717, 1.165) is 6.42 Å². The minimum atomic E-state index is -3.67. The number of aromatic amines is 1. The molecule has 1 fully saturated rings. The van der Waals surface area contributed by atoms with Gasteiger partial charge in [0.15, 0.2) is 0 Å². The third-order valence-corrected chi connectivity index (χ3v) is 7.96. The van der Waals surface area contributed by atoms with Crippen molar-refractivity contribution < 1.29 is 17.9 Å². The summed E-state index contributed by atoms with van der Waals surface area (Å²) >= 11 is 0. The molecule has 1 aromatic heterocycles. The number of benzene rings is 1. The number of carbonyl (C=O) groups is 1. The third-order valence-electron chi connectivity index (χ3n) is 5.79. The van der Waals surface area contributed by atoms with Gasteiger partial charge in [0, 0.05) is 31.9 Å². The van der Waals surface area contributed by atoms with E-state index in [4.69, 9.17) is 4.74 Å². The highest BCUT2D eigenvalue weighted by Gasteiger charge is 2.33. The van der Waals surface area contributed by atoms with E-state index in [-0.39, 0.29) is 10.8 Å². The fourth-order valence-corrected chi connectivity index (χ4v) is 5.99. The lowest BCUT2D eigenvalue weighted by Crippen LogP contribution is -2.41. The molecule has 2 aliphatic heterocycles. The predicted octanol–water partition coefficient (Wildman–Crippen LogP) is 2.58. The Morgan fingerprint density at radius 1 is 1.07 bits per heavy atom. The maximum absolute atomic E-state index is 13.2. The number of aryl methyl sites for hydroxylation is 1. The Morgan fingerprint density at radius 3 is 2.40 bits per heavy atom. The summed E-state index contributed by atoms with van der Waals surface area (Å²) in [6.45, 7) is 5.95. The summed E-state index contributed by atoms with van der Waals surface area (Å²) in [5.41, 5.74) is 3.75. The molecule has 160 valence electrons. The molecule has 3 heterocycles. The van der Waals surface area contributed by atoms with E-state index in [1.54, 1.807) is 18.7 Å². The van der Waals surface area contributed by atoms with Crippen molar-refractivity contribution in [2.45, 2.75) is 25.2 Å². The Kier molecular flexibility index (Phi) is 5.81. The smallest absolute Gasteiger partial charge is 0.270 e. The molecule has 1 saturated heterocycles. The SMILES string of the molecule is Cc1[nH]c(C(=O)N2CC=C(c3ccccc3)CC2)c(C)c1S(=O)(=O)N1CCOCC1. The number of carbonyl (C=O) groups excluding carboxylic acids is 1. The van der Waals surface area contributed by atoms with Crippen molar-refractivity contribution in [3.63, 3.8) is 0 Å². The summed E-state index contributed by atoms with van der Waals surface area (Å²) < 4.78 is 33.0. The molecular formula is C22H27N3O4S. The summed E-state index contributed by atoms with van der Waals surface area (Å²) in [7, 11) is -3.67. The van der Waals surface area contributed by atoms with Gasteiger partial charge in [-0.15, -0.1) is 0 Å². The quantitative estimate of drug-likeness (QED) is 0.810. The van der Waals surface area contributed by atoms with Crippen LogP contribution >= 0.6 is 0 Å². The van der Waals surface area contributed by atoms with E-state index >= 15 is 0 Å². The molecule has 7 nitrogen and oxygen atoms in total. The van der Waals surface area contributed by atoms with Gasteiger partial charge in [0.1, 0.15) is 10.6 Å². The van der Waals surface area contributed by atoms with Crippen LogP contribution in [-0.4, -0.2) is 67.9 Å².